The molecular formula is C11H15Cl2NO. The van der Waals surface area contributed by atoms with Crippen molar-refractivity contribution in [2.75, 3.05) is 6.61 Å². The highest BCUT2D eigenvalue weighted by molar-refractivity contribution is 6.42. The minimum Gasteiger partial charge on any atom is -0.492 e. The summed E-state index contributed by atoms with van der Waals surface area (Å²) in [6.45, 7) is 4.44. The Kier molecular flexibility index (Phi) is 4.26. The van der Waals surface area contributed by atoms with E-state index in [9.17, 15) is 0 Å². The fourth-order valence-corrected chi connectivity index (χ4v) is 1.37. The highest BCUT2D eigenvalue weighted by Gasteiger charge is 2.11. The maximum atomic E-state index is 5.96. The molecule has 0 heterocycles. The van der Waals surface area contributed by atoms with Crippen LogP contribution in [0.1, 0.15) is 20.3 Å². The third-order valence-corrected chi connectivity index (χ3v) is 2.72. The van der Waals surface area contributed by atoms with Crippen LogP contribution >= 0.6 is 23.2 Å². The van der Waals surface area contributed by atoms with Gasteiger partial charge in [-0.05, 0) is 32.4 Å². The van der Waals surface area contributed by atoms with E-state index in [4.69, 9.17) is 33.7 Å². The molecule has 0 spiro atoms. The van der Waals surface area contributed by atoms with Crippen molar-refractivity contribution in [1.82, 2.24) is 0 Å². The smallest absolute Gasteiger partial charge is 0.139 e. The maximum absolute atomic E-state index is 5.96. The molecular weight excluding hydrogens is 233 g/mol. The van der Waals surface area contributed by atoms with Crippen molar-refractivity contribution in [2.45, 2.75) is 25.8 Å². The van der Waals surface area contributed by atoms with E-state index >= 15 is 0 Å². The van der Waals surface area contributed by atoms with Crippen LogP contribution in [0.4, 0.5) is 0 Å². The molecule has 2 nitrogen and oxygen atoms in total. The summed E-state index contributed by atoms with van der Waals surface area (Å²) in [6, 6.07) is 5.32. The molecule has 0 bridgehead atoms. The second-order valence-corrected chi connectivity index (χ2v) is 4.92. The van der Waals surface area contributed by atoms with Crippen molar-refractivity contribution in [3.8, 4) is 5.75 Å². The van der Waals surface area contributed by atoms with Crippen LogP contribution in [0.5, 0.6) is 5.75 Å². The minimum atomic E-state index is -0.231. The van der Waals surface area contributed by atoms with Gasteiger partial charge in [-0.1, -0.05) is 29.3 Å². The Labute approximate surface area is 100 Å². The standard InChI is InChI=1S/C11H15Cl2NO/c1-11(2,14)6-7-15-9-5-3-4-8(12)10(9)13/h3-5H,6-7,14H2,1-2H3. The molecule has 0 unspecified atom stereocenters. The Balaban J connectivity index is 2.55. The van der Waals surface area contributed by atoms with Crippen LogP contribution in [-0.4, -0.2) is 12.1 Å². The molecule has 0 saturated carbocycles. The average Bonchev–Trinajstić information content (AvgIpc) is 2.10. The quantitative estimate of drug-likeness (QED) is 0.884. The molecule has 1 aromatic rings. The number of halogens is 2. The monoisotopic (exact) mass is 247 g/mol. The summed E-state index contributed by atoms with van der Waals surface area (Å²) in [7, 11) is 0. The lowest BCUT2D eigenvalue weighted by Crippen LogP contribution is -2.33. The van der Waals surface area contributed by atoms with E-state index in [0.29, 0.717) is 22.4 Å². The highest BCUT2D eigenvalue weighted by atomic mass is 35.5. The molecule has 4 heteroatoms. The largest absolute Gasteiger partial charge is 0.492 e. The van der Waals surface area contributed by atoms with E-state index in [1.807, 2.05) is 13.8 Å². The van der Waals surface area contributed by atoms with E-state index in [2.05, 4.69) is 0 Å². The zero-order valence-corrected chi connectivity index (χ0v) is 10.4. The molecule has 0 aliphatic heterocycles. The second kappa shape index (κ2) is 5.06. The first-order valence-electron chi connectivity index (χ1n) is 4.76. The molecule has 0 fully saturated rings. The van der Waals surface area contributed by atoms with Crippen LogP contribution in [0, 0.1) is 0 Å². The van der Waals surface area contributed by atoms with Crippen LogP contribution in [0.2, 0.25) is 10.0 Å². The van der Waals surface area contributed by atoms with Crippen molar-refractivity contribution in [3.63, 3.8) is 0 Å². The molecule has 0 aliphatic carbocycles. The molecule has 2 N–H and O–H groups in total. The van der Waals surface area contributed by atoms with Crippen molar-refractivity contribution >= 4 is 23.2 Å². The molecule has 0 radical (unpaired) electrons. The van der Waals surface area contributed by atoms with Gasteiger partial charge in [-0.3, -0.25) is 0 Å². The minimum absolute atomic E-state index is 0.231. The fourth-order valence-electron chi connectivity index (χ4n) is 1.02. The molecule has 1 aromatic carbocycles. The third kappa shape index (κ3) is 4.29. The number of hydrogen-bond acceptors (Lipinski definition) is 2. The van der Waals surface area contributed by atoms with Crippen molar-refractivity contribution in [3.05, 3.63) is 28.2 Å². The predicted octanol–water partition coefficient (Wildman–Crippen LogP) is 3.50. The third-order valence-electron chi connectivity index (χ3n) is 1.92. The summed E-state index contributed by atoms with van der Waals surface area (Å²) in [5.74, 6) is 0.605. The summed E-state index contributed by atoms with van der Waals surface area (Å²) in [5.41, 5.74) is 5.60. The lowest BCUT2D eigenvalue weighted by Gasteiger charge is -2.18. The molecule has 84 valence electrons. The lowest BCUT2D eigenvalue weighted by molar-refractivity contribution is 0.274. The highest BCUT2D eigenvalue weighted by Crippen LogP contribution is 2.31. The van der Waals surface area contributed by atoms with Gasteiger partial charge in [0.1, 0.15) is 10.8 Å². The summed E-state index contributed by atoms with van der Waals surface area (Å²) < 4.78 is 5.50. The number of ether oxygens (including phenoxy) is 1. The van der Waals surface area contributed by atoms with Crippen molar-refractivity contribution in [1.29, 1.82) is 0 Å². The Morgan fingerprint density at radius 2 is 2.00 bits per heavy atom. The fraction of sp³-hybridized carbons (Fsp3) is 0.455. The van der Waals surface area contributed by atoms with E-state index in [1.165, 1.54) is 0 Å². The van der Waals surface area contributed by atoms with Gasteiger partial charge in [-0.15, -0.1) is 0 Å². The topological polar surface area (TPSA) is 35.2 Å². The summed E-state index contributed by atoms with van der Waals surface area (Å²) >= 11 is 11.8. The molecule has 0 aromatic heterocycles. The van der Waals surface area contributed by atoms with Crippen molar-refractivity contribution in [2.24, 2.45) is 5.73 Å². The van der Waals surface area contributed by atoms with Crippen LogP contribution in [-0.2, 0) is 0 Å². The number of hydrogen-bond donors (Lipinski definition) is 1. The van der Waals surface area contributed by atoms with Gasteiger partial charge >= 0.3 is 0 Å². The molecule has 15 heavy (non-hydrogen) atoms. The number of rotatable bonds is 4. The Morgan fingerprint density at radius 3 is 2.60 bits per heavy atom. The van der Waals surface area contributed by atoms with Crippen LogP contribution in [0.15, 0.2) is 18.2 Å². The van der Waals surface area contributed by atoms with E-state index < -0.39 is 0 Å². The molecule has 1 rings (SSSR count). The zero-order valence-electron chi connectivity index (χ0n) is 8.89. The normalized spacial score (nSPS) is 11.5. The van der Waals surface area contributed by atoms with Gasteiger partial charge in [0.15, 0.2) is 0 Å². The Bertz CT molecular complexity index is 334. The van der Waals surface area contributed by atoms with Crippen molar-refractivity contribution < 1.29 is 4.74 Å². The molecule has 0 aliphatic rings. The first kappa shape index (κ1) is 12.6. The van der Waals surface area contributed by atoms with E-state index in [-0.39, 0.29) is 5.54 Å². The van der Waals surface area contributed by atoms with Gasteiger partial charge in [0.05, 0.1) is 11.6 Å². The van der Waals surface area contributed by atoms with Gasteiger partial charge in [-0.2, -0.15) is 0 Å². The van der Waals surface area contributed by atoms with Gasteiger partial charge in [0, 0.05) is 5.54 Å². The Morgan fingerprint density at radius 1 is 1.33 bits per heavy atom. The van der Waals surface area contributed by atoms with E-state index in [1.54, 1.807) is 18.2 Å². The SMILES string of the molecule is CC(C)(N)CCOc1cccc(Cl)c1Cl. The number of nitrogens with two attached hydrogens (primary N) is 1. The number of benzene rings is 1. The molecule has 0 saturated heterocycles. The van der Waals surface area contributed by atoms with Gasteiger partial charge in [0.2, 0.25) is 0 Å². The van der Waals surface area contributed by atoms with Gasteiger partial charge < -0.3 is 10.5 Å². The zero-order chi connectivity index (χ0) is 11.5. The second-order valence-electron chi connectivity index (χ2n) is 4.14. The molecule has 0 atom stereocenters. The predicted molar refractivity (Wildman–Crippen MR) is 64.8 cm³/mol. The molecule has 0 amide bonds. The summed E-state index contributed by atoms with van der Waals surface area (Å²) in [5, 5.41) is 0.954. The maximum Gasteiger partial charge on any atom is 0.139 e. The van der Waals surface area contributed by atoms with Crippen LogP contribution < -0.4 is 10.5 Å². The Hall–Kier alpha value is -0.440. The first-order chi connectivity index (χ1) is 6.90. The van der Waals surface area contributed by atoms with Crippen LogP contribution in [0.25, 0.3) is 0 Å². The average molecular weight is 248 g/mol. The summed E-state index contributed by atoms with van der Waals surface area (Å²) in [6.07, 6.45) is 0.760. The summed E-state index contributed by atoms with van der Waals surface area (Å²) in [4.78, 5) is 0. The first-order valence-corrected chi connectivity index (χ1v) is 5.51. The van der Waals surface area contributed by atoms with Gasteiger partial charge in [-0.25, -0.2) is 0 Å². The van der Waals surface area contributed by atoms with Crippen LogP contribution in [0.3, 0.4) is 0 Å². The van der Waals surface area contributed by atoms with E-state index in [0.717, 1.165) is 6.42 Å². The van der Waals surface area contributed by atoms with Gasteiger partial charge in [0.25, 0.3) is 0 Å². The lowest BCUT2D eigenvalue weighted by atomic mass is 10.0.